The van der Waals surface area contributed by atoms with Gasteiger partial charge in [-0.05, 0) is 24.1 Å². The monoisotopic (exact) mass is 182 g/mol. The summed E-state index contributed by atoms with van der Waals surface area (Å²) >= 11 is 0. The average molecular weight is 182 g/mol. The number of nitrogens with two attached hydrogens (primary N) is 1. The highest BCUT2D eigenvalue weighted by atomic mass is 16.4. The van der Waals surface area contributed by atoms with Crippen LogP contribution in [-0.2, 0) is 11.2 Å². The van der Waals surface area contributed by atoms with E-state index in [4.69, 9.17) is 15.9 Å². The van der Waals surface area contributed by atoms with Crippen LogP contribution in [0.2, 0.25) is 0 Å². The number of phenolic OH excluding ortho intramolecular Hbond substituents is 1. The lowest BCUT2D eigenvalue weighted by atomic mass is 10.1. The molecule has 70 valence electrons. The Labute approximate surface area is 75.6 Å². The van der Waals surface area contributed by atoms with Crippen LogP contribution in [0.1, 0.15) is 5.56 Å². The summed E-state index contributed by atoms with van der Waals surface area (Å²) in [5.41, 5.74) is 6.12. The molecule has 1 rings (SSSR count). The number of rotatable bonds is 3. The van der Waals surface area contributed by atoms with Gasteiger partial charge in [0.15, 0.2) is 0 Å². The lowest BCUT2D eigenvalue weighted by molar-refractivity contribution is -0.138. The van der Waals surface area contributed by atoms with Gasteiger partial charge in [0, 0.05) is 0 Å². The largest absolute Gasteiger partial charge is 0.508 e. The van der Waals surface area contributed by atoms with Crippen LogP contribution in [0.3, 0.4) is 0 Å². The minimum absolute atomic E-state index is 0.160. The zero-order chi connectivity index (χ0) is 9.84. The molecule has 1 aromatic carbocycles. The second-order valence-corrected chi connectivity index (χ2v) is 2.82. The summed E-state index contributed by atoms with van der Waals surface area (Å²) < 4.78 is 0. The molecule has 4 heteroatoms. The Bertz CT molecular complexity index is 294. The van der Waals surface area contributed by atoms with E-state index in [1.54, 1.807) is 12.1 Å². The van der Waals surface area contributed by atoms with Crippen molar-refractivity contribution in [3.05, 3.63) is 29.8 Å². The molecule has 0 amide bonds. The fourth-order valence-electron chi connectivity index (χ4n) is 0.973. The lowest BCUT2D eigenvalue weighted by Gasteiger charge is -2.05. The van der Waals surface area contributed by atoms with Crippen LogP contribution in [0.25, 0.3) is 0 Å². The topological polar surface area (TPSA) is 83.5 Å². The van der Waals surface area contributed by atoms with Gasteiger partial charge in [-0.15, -0.1) is 0 Å². The number of aliphatic carboxylic acids is 1. The Hall–Kier alpha value is -1.55. The SMILES string of the molecule is N[C@@H](Cc1cc[13c](O)cc1)C(=O)O. The first kappa shape index (κ1) is 9.54. The fourth-order valence-corrected chi connectivity index (χ4v) is 0.973. The van der Waals surface area contributed by atoms with E-state index in [0.717, 1.165) is 5.56 Å². The van der Waals surface area contributed by atoms with Gasteiger partial charge in [-0.2, -0.15) is 0 Å². The van der Waals surface area contributed by atoms with E-state index < -0.39 is 12.0 Å². The van der Waals surface area contributed by atoms with Crippen molar-refractivity contribution in [3.8, 4) is 5.75 Å². The molecule has 0 heterocycles. The van der Waals surface area contributed by atoms with Crippen molar-refractivity contribution < 1.29 is 15.0 Å². The van der Waals surface area contributed by atoms with Crippen LogP contribution < -0.4 is 5.73 Å². The molecule has 0 aliphatic rings. The third-order valence-electron chi connectivity index (χ3n) is 1.71. The first-order valence-electron chi connectivity index (χ1n) is 3.86. The zero-order valence-electron chi connectivity index (χ0n) is 6.97. The van der Waals surface area contributed by atoms with Crippen molar-refractivity contribution in [1.29, 1.82) is 0 Å². The van der Waals surface area contributed by atoms with Gasteiger partial charge in [0.1, 0.15) is 11.8 Å². The Morgan fingerprint density at radius 1 is 1.38 bits per heavy atom. The maximum absolute atomic E-state index is 10.4. The molecular formula is C9H11NO3. The summed E-state index contributed by atoms with van der Waals surface area (Å²) in [4.78, 5) is 10.4. The van der Waals surface area contributed by atoms with Crippen LogP contribution in [-0.4, -0.2) is 22.2 Å². The van der Waals surface area contributed by atoms with Gasteiger partial charge in [-0.1, -0.05) is 12.1 Å². The van der Waals surface area contributed by atoms with Crippen LogP contribution in [0.4, 0.5) is 0 Å². The van der Waals surface area contributed by atoms with Crippen molar-refractivity contribution in [2.24, 2.45) is 5.73 Å². The van der Waals surface area contributed by atoms with Crippen molar-refractivity contribution in [2.45, 2.75) is 12.5 Å². The van der Waals surface area contributed by atoms with E-state index >= 15 is 0 Å². The predicted molar refractivity (Wildman–Crippen MR) is 47.4 cm³/mol. The summed E-state index contributed by atoms with van der Waals surface area (Å²) in [7, 11) is 0. The average Bonchev–Trinajstić information content (AvgIpc) is 2.08. The summed E-state index contributed by atoms with van der Waals surface area (Å²) in [5, 5.41) is 17.5. The molecule has 0 bridgehead atoms. The van der Waals surface area contributed by atoms with Crippen LogP contribution >= 0.6 is 0 Å². The molecular weight excluding hydrogens is 171 g/mol. The summed E-state index contributed by atoms with van der Waals surface area (Å²) in [6.07, 6.45) is 0.273. The van der Waals surface area contributed by atoms with E-state index in [0.29, 0.717) is 0 Å². The summed E-state index contributed by atoms with van der Waals surface area (Å²) in [6.45, 7) is 0. The van der Waals surface area contributed by atoms with Gasteiger partial charge in [0.25, 0.3) is 0 Å². The third kappa shape index (κ3) is 2.76. The first-order chi connectivity index (χ1) is 6.09. The molecule has 0 fully saturated rings. The Morgan fingerprint density at radius 3 is 2.38 bits per heavy atom. The van der Waals surface area contributed by atoms with Gasteiger partial charge < -0.3 is 15.9 Å². The maximum Gasteiger partial charge on any atom is 0.320 e. The van der Waals surface area contributed by atoms with E-state index in [1.807, 2.05) is 0 Å². The lowest BCUT2D eigenvalue weighted by Crippen LogP contribution is -2.32. The number of benzene rings is 1. The normalized spacial score (nSPS) is 12.4. The molecule has 0 unspecified atom stereocenters. The van der Waals surface area contributed by atoms with E-state index in [-0.39, 0.29) is 12.2 Å². The highest BCUT2D eigenvalue weighted by Crippen LogP contribution is 2.10. The summed E-state index contributed by atoms with van der Waals surface area (Å²) in [6, 6.07) is 5.42. The Kier molecular flexibility index (Phi) is 2.87. The molecule has 1 atom stereocenters. The quantitative estimate of drug-likeness (QED) is 0.629. The highest BCUT2D eigenvalue weighted by molar-refractivity contribution is 5.73. The zero-order valence-corrected chi connectivity index (χ0v) is 6.97. The second kappa shape index (κ2) is 3.91. The first-order valence-corrected chi connectivity index (χ1v) is 3.86. The number of phenols is 1. The molecule has 0 aromatic heterocycles. The standard InChI is InChI=1S/C9H11NO3/c10-8(9(12)13)5-6-1-3-7(11)4-2-6/h1-4,8,11H,5,10H2,(H,12,13)/t8-/m0/s1/i7+1. The third-order valence-corrected chi connectivity index (χ3v) is 1.71. The molecule has 0 aliphatic carbocycles. The van der Waals surface area contributed by atoms with Crippen molar-refractivity contribution in [2.75, 3.05) is 0 Å². The number of hydrogen-bond acceptors (Lipinski definition) is 3. The molecule has 13 heavy (non-hydrogen) atoms. The van der Waals surface area contributed by atoms with Gasteiger partial charge in [-0.25, -0.2) is 0 Å². The Morgan fingerprint density at radius 2 is 1.92 bits per heavy atom. The van der Waals surface area contributed by atoms with Crippen LogP contribution in [0.5, 0.6) is 5.75 Å². The van der Waals surface area contributed by atoms with Gasteiger partial charge >= 0.3 is 5.97 Å². The maximum atomic E-state index is 10.4. The van der Waals surface area contributed by atoms with Crippen LogP contribution in [0, 0.1) is 0 Å². The van der Waals surface area contributed by atoms with Gasteiger partial charge in [0.2, 0.25) is 0 Å². The van der Waals surface area contributed by atoms with E-state index in [2.05, 4.69) is 0 Å². The van der Waals surface area contributed by atoms with Crippen LogP contribution in [0.15, 0.2) is 24.3 Å². The van der Waals surface area contributed by atoms with E-state index in [9.17, 15) is 4.79 Å². The number of carboxylic acid groups (broad SMARTS) is 1. The molecule has 4 nitrogen and oxygen atoms in total. The number of carboxylic acids is 1. The smallest absolute Gasteiger partial charge is 0.320 e. The van der Waals surface area contributed by atoms with E-state index in [1.165, 1.54) is 12.1 Å². The summed E-state index contributed by atoms with van der Waals surface area (Å²) in [5.74, 6) is -0.860. The minimum Gasteiger partial charge on any atom is -0.508 e. The highest BCUT2D eigenvalue weighted by Gasteiger charge is 2.11. The molecule has 0 saturated carbocycles. The van der Waals surface area contributed by atoms with Crippen molar-refractivity contribution >= 4 is 5.97 Å². The van der Waals surface area contributed by atoms with Crippen molar-refractivity contribution in [3.63, 3.8) is 0 Å². The van der Waals surface area contributed by atoms with Gasteiger partial charge in [-0.3, -0.25) is 4.79 Å². The molecule has 4 N–H and O–H groups in total. The number of aromatic hydroxyl groups is 1. The molecule has 0 saturated heterocycles. The Balaban J connectivity index is 2.64. The van der Waals surface area contributed by atoms with Crippen molar-refractivity contribution in [1.82, 2.24) is 0 Å². The second-order valence-electron chi connectivity index (χ2n) is 2.82. The molecule has 0 radical (unpaired) electrons. The fraction of sp³-hybridized carbons (Fsp3) is 0.222. The van der Waals surface area contributed by atoms with Gasteiger partial charge in [0.05, 0.1) is 0 Å². The molecule has 1 aromatic rings. The number of hydrogen-bond donors (Lipinski definition) is 3. The molecule has 0 spiro atoms. The predicted octanol–water partition coefficient (Wildman–Crippen LogP) is 0.347. The minimum atomic E-state index is -1.02. The molecule has 0 aliphatic heterocycles. The number of carbonyl (C=O) groups is 1.